The molecular weight excluding hydrogens is 490 g/mol. The van der Waals surface area contributed by atoms with E-state index < -0.39 is 23.4 Å². The van der Waals surface area contributed by atoms with Crippen molar-refractivity contribution < 1.29 is 33.4 Å². The SMILES string of the molecule is COC1=C(OC)C(=O)C(Cc2ccc(OC(C)=O)c(C(=O)Nc3ccc(-n4ccnc4)cc3)c2)=C(C)C1=O. The number of esters is 1. The van der Waals surface area contributed by atoms with Crippen LogP contribution in [0.4, 0.5) is 5.69 Å². The van der Waals surface area contributed by atoms with Gasteiger partial charge in [0.25, 0.3) is 5.91 Å². The monoisotopic (exact) mass is 515 g/mol. The first kappa shape index (κ1) is 26.1. The lowest BCUT2D eigenvalue weighted by molar-refractivity contribution is -0.131. The standard InChI is InChI=1S/C28H25N3O7/c1-16-21(25(34)27(37-4)26(36-3)24(16)33)13-18-5-10-23(38-17(2)32)22(14-18)28(35)30-19-6-8-20(9-7-19)31-12-11-29-15-31/h5-12,14-15H,13H2,1-4H3,(H,30,35). The predicted octanol–water partition coefficient (Wildman–Crippen LogP) is 3.57. The normalized spacial score (nSPS) is 13.5. The van der Waals surface area contributed by atoms with Gasteiger partial charge in [-0.2, -0.15) is 0 Å². The van der Waals surface area contributed by atoms with Gasteiger partial charge in [0.05, 0.1) is 26.1 Å². The summed E-state index contributed by atoms with van der Waals surface area (Å²) in [5.74, 6) is -2.30. The van der Waals surface area contributed by atoms with E-state index in [1.165, 1.54) is 40.2 Å². The maximum absolute atomic E-state index is 13.2. The highest BCUT2D eigenvalue weighted by atomic mass is 16.5. The number of methoxy groups -OCH3 is 2. The largest absolute Gasteiger partial charge is 0.489 e. The van der Waals surface area contributed by atoms with Crippen LogP contribution in [0.25, 0.3) is 5.69 Å². The van der Waals surface area contributed by atoms with Crippen molar-refractivity contribution in [3.05, 3.63) is 95.0 Å². The molecule has 0 fully saturated rings. The van der Waals surface area contributed by atoms with Crippen molar-refractivity contribution >= 4 is 29.1 Å². The highest BCUT2D eigenvalue weighted by Crippen LogP contribution is 2.30. The first-order valence-corrected chi connectivity index (χ1v) is 11.6. The summed E-state index contributed by atoms with van der Waals surface area (Å²) >= 11 is 0. The van der Waals surface area contributed by atoms with Crippen LogP contribution in [-0.4, -0.2) is 47.2 Å². The number of nitrogens with one attached hydrogen (secondary N) is 1. The Labute approximate surface area is 218 Å². The molecule has 0 saturated carbocycles. The third kappa shape index (κ3) is 5.24. The van der Waals surface area contributed by atoms with Crippen molar-refractivity contribution in [3.8, 4) is 11.4 Å². The molecule has 2 aromatic carbocycles. The third-order valence-corrected chi connectivity index (χ3v) is 5.95. The molecule has 1 aromatic heterocycles. The molecule has 0 unspecified atom stereocenters. The molecule has 38 heavy (non-hydrogen) atoms. The molecule has 0 radical (unpaired) electrons. The zero-order valence-electron chi connectivity index (χ0n) is 21.2. The van der Waals surface area contributed by atoms with Crippen LogP contribution in [0, 0.1) is 0 Å². The molecule has 194 valence electrons. The van der Waals surface area contributed by atoms with Gasteiger partial charge in [-0.3, -0.25) is 19.2 Å². The fourth-order valence-corrected chi connectivity index (χ4v) is 4.04. The number of Topliss-reactive ketones (excluding diaryl/α,β-unsaturated/α-hetero) is 2. The lowest BCUT2D eigenvalue weighted by Gasteiger charge is -2.20. The Balaban J connectivity index is 1.62. The van der Waals surface area contributed by atoms with Gasteiger partial charge in [-0.05, 0) is 48.9 Å². The molecule has 10 heteroatoms. The topological polar surface area (TPSA) is 126 Å². The summed E-state index contributed by atoms with van der Waals surface area (Å²) in [6.45, 7) is 2.77. The van der Waals surface area contributed by atoms with Gasteiger partial charge in [0.15, 0.2) is 0 Å². The number of rotatable bonds is 8. The van der Waals surface area contributed by atoms with Crippen LogP contribution in [0.15, 0.2) is 83.9 Å². The minimum absolute atomic E-state index is 0.0422. The first-order chi connectivity index (χ1) is 18.2. The van der Waals surface area contributed by atoms with Gasteiger partial charge in [-0.1, -0.05) is 6.07 Å². The van der Waals surface area contributed by atoms with Crippen LogP contribution >= 0.6 is 0 Å². The lowest BCUT2D eigenvalue weighted by Crippen LogP contribution is -2.26. The molecule has 0 aliphatic heterocycles. The fourth-order valence-electron chi connectivity index (χ4n) is 4.04. The average Bonchev–Trinajstić information content (AvgIpc) is 3.44. The number of nitrogens with zero attached hydrogens (tertiary/aromatic N) is 2. The Morgan fingerprint density at radius 1 is 0.974 bits per heavy atom. The number of imidazole rings is 1. The highest BCUT2D eigenvalue weighted by molar-refractivity contribution is 6.23. The van der Waals surface area contributed by atoms with Crippen LogP contribution in [0.3, 0.4) is 0 Å². The van der Waals surface area contributed by atoms with E-state index >= 15 is 0 Å². The maximum atomic E-state index is 13.2. The van der Waals surface area contributed by atoms with Gasteiger partial charge < -0.3 is 24.1 Å². The number of allylic oxidation sites excluding steroid dienone is 2. The van der Waals surface area contributed by atoms with Gasteiger partial charge in [-0.15, -0.1) is 0 Å². The van der Waals surface area contributed by atoms with Crippen LogP contribution in [0.1, 0.15) is 29.8 Å². The average molecular weight is 516 g/mol. The second kappa shape index (κ2) is 11.0. The molecule has 3 aromatic rings. The Morgan fingerprint density at radius 2 is 1.66 bits per heavy atom. The zero-order chi connectivity index (χ0) is 27.4. The van der Waals surface area contributed by atoms with E-state index in [4.69, 9.17) is 14.2 Å². The number of hydrogen-bond donors (Lipinski definition) is 1. The smallest absolute Gasteiger partial charge is 0.308 e. The molecule has 1 aliphatic rings. The molecule has 0 spiro atoms. The minimum atomic E-state index is -0.593. The van der Waals surface area contributed by atoms with E-state index in [2.05, 4.69) is 10.3 Å². The Bertz CT molecular complexity index is 1480. The molecule has 1 N–H and O–H groups in total. The summed E-state index contributed by atoms with van der Waals surface area (Å²) in [6, 6.07) is 11.7. The van der Waals surface area contributed by atoms with E-state index in [-0.39, 0.29) is 40.4 Å². The highest BCUT2D eigenvalue weighted by Gasteiger charge is 2.34. The summed E-state index contributed by atoms with van der Waals surface area (Å²) in [5, 5.41) is 2.80. The summed E-state index contributed by atoms with van der Waals surface area (Å²) in [6.07, 6.45) is 5.16. The molecular formula is C28H25N3O7. The van der Waals surface area contributed by atoms with E-state index in [9.17, 15) is 19.2 Å². The predicted molar refractivity (Wildman–Crippen MR) is 137 cm³/mol. The van der Waals surface area contributed by atoms with Crippen LogP contribution in [0.5, 0.6) is 5.75 Å². The molecule has 0 atom stereocenters. The Morgan fingerprint density at radius 3 is 2.26 bits per heavy atom. The number of ether oxygens (including phenoxy) is 3. The summed E-state index contributed by atoms with van der Waals surface area (Å²) < 4.78 is 17.3. The number of carbonyl (C=O) groups excluding carboxylic acids is 4. The van der Waals surface area contributed by atoms with Gasteiger partial charge in [-0.25, -0.2) is 4.98 Å². The molecule has 1 aliphatic carbocycles. The summed E-state index contributed by atoms with van der Waals surface area (Å²) in [4.78, 5) is 54.7. The van der Waals surface area contributed by atoms with E-state index in [1.54, 1.807) is 36.9 Å². The first-order valence-electron chi connectivity index (χ1n) is 11.6. The van der Waals surface area contributed by atoms with Gasteiger partial charge >= 0.3 is 5.97 Å². The number of ketones is 2. The molecule has 1 heterocycles. The molecule has 0 bridgehead atoms. The number of anilines is 1. The van der Waals surface area contributed by atoms with Crippen LogP contribution < -0.4 is 10.1 Å². The van der Waals surface area contributed by atoms with Crippen molar-refractivity contribution in [2.45, 2.75) is 20.3 Å². The van der Waals surface area contributed by atoms with Gasteiger partial charge in [0, 0.05) is 48.3 Å². The van der Waals surface area contributed by atoms with Gasteiger partial charge in [0.1, 0.15) is 5.75 Å². The summed E-state index contributed by atoms with van der Waals surface area (Å²) in [7, 11) is 2.58. The van der Waals surface area contributed by atoms with Crippen molar-refractivity contribution in [1.29, 1.82) is 0 Å². The van der Waals surface area contributed by atoms with Crippen LogP contribution in [0.2, 0.25) is 0 Å². The maximum Gasteiger partial charge on any atom is 0.308 e. The van der Waals surface area contributed by atoms with E-state index in [0.717, 1.165) is 5.69 Å². The third-order valence-electron chi connectivity index (χ3n) is 5.95. The number of amides is 1. The lowest BCUT2D eigenvalue weighted by atomic mass is 9.88. The Kier molecular flexibility index (Phi) is 7.52. The Hall–Kier alpha value is -4.99. The molecule has 4 rings (SSSR count). The molecule has 0 saturated heterocycles. The van der Waals surface area contributed by atoms with E-state index in [0.29, 0.717) is 11.3 Å². The van der Waals surface area contributed by atoms with Crippen LogP contribution in [-0.2, 0) is 30.3 Å². The molecule has 10 nitrogen and oxygen atoms in total. The minimum Gasteiger partial charge on any atom is -0.489 e. The number of carbonyl (C=O) groups is 4. The van der Waals surface area contributed by atoms with Crippen molar-refractivity contribution in [2.75, 3.05) is 19.5 Å². The number of hydrogen-bond acceptors (Lipinski definition) is 8. The number of aromatic nitrogens is 2. The number of benzene rings is 2. The zero-order valence-corrected chi connectivity index (χ0v) is 21.2. The molecule has 1 amide bonds. The van der Waals surface area contributed by atoms with Crippen molar-refractivity contribution in [3.63, 3.8) is 0 Å². The summed E-state index contributed by atoms with van der Waals surface area (Å²) in [5.41, 5.74) is 2.46. The van der Waals surface area contributed by atoms with E-state index in [1.807, 2.05) is 16.7 Å². The fraction of sp³-hybridized carbons (Fsp3) is 0.179. The van der Waals surface area contributed by atoms with Crippen molar-refractivity contribution in [2.24, 2.45) is 0 Å². The van der Waals surface area contributed by atoms with Gasteiger partial charge in [0.2, 0.25) is 23.1 Å². The second-order valence-electron chi connectivity index (χ2n) is 8.40. The second-order valence-corrected chi connectivity index (χ2v) is 8.40. The quantitative estimate of drug-likeness (QED) is 0.274. The van der Waals surface area contributed by atoms with Crippen molar-refractivity contribution in [1.82, 2.24) is 9.55 Å².